The summed E-state index contributed by atoms with van der Waals surface area (Å²) in [7, 11) is 3.06. The molecular weight excluding hydrogens is 338 g/mol. The molecule has 0 spiro atoms. The first-order chi connectivity index (χ1) is 12.1. The number of ether oxygens (including phenoxy) is 2. The highest BCUT2D eigenvalue weighted by Gasteiger charge is 2.20. The van der Waals surface area contributed by atoms with E-state index in [4.69, 9.17) is 9.47 Å². The molecule has 0 atom stereocenters. The molecule has 3 rings (SSSR count). The number of methoxy groups -OCH3 is 2. The average molecular weight is 353 g/mol. The van der Waals surface area contributed by atoms with Gasteiger partial charge in [-0.25, -0.2) is 4.98 Å². The van der Waals surface area contributed by atoms with Crippen molar-refractivity contribution in [3.63, 3.8) is 0 Å². The summed E-state index contributed by atoms with van der Waals surface area (Å²) in [6.07, 6.45) is 0. The monoisotopic (exact) mass is 353 g/mol. The molecule has 0 bridgehead atoms. The summed E-state index contributed by atoms with van der Waals surface area (Å²) in [6, 6.07) is 9.50. The minimum absolute atomic E-state index is 0.0536. The molecule has 0 unspecified atom stereocenters. The second-order valence-corrected chi connectivity index (χ2v) is 6.10. The van der Waals surface area contributed by atoms with E-state index < -0.39 is 5.56 Å². The molecule has 1 N–H and O–H groups in total. The highest BCUT2D eigenvalue weighted by atomic mass is 32.1. The number of hydrogen-bond acceptors (Lipinski definition) is 6. The third-order valence-corrected chi connectivity index (χ3v) is 4.66. The van der Waals surface area contributed by atoms with Gasteiger partial charge in [-0.2, -0.15) is 5.26 Å². The number of H-pyrrole nitrogens is 1. The van der Waals surface area contributed by atoms with E-state index in [1.165, 1.54) is 18.4 Å². The molecule has 0 fully saturated rings. The van der Waals surface area contributed by atoms with Crippen LogP contribution in [0.15, 0.2) is 34.4 Å². The van der Waals surface area contributed by atoms with Crippen molar-refractivity contribution in [3.8, 4) is 39.4 Å². The number of hydrogen-bond donors (Lipinski definition) is 1. The fourth-order valence-electron chi connectivity index (χ4n) is 2.56. The van der Waals surface area contributed by atoms with Crippen LogP contribution in [0, 0.1) is 18.3 Å². The lowest BCUT2D eigenvalue weighted by atomic mass is 10.1. The number of aromatic amines is 1. The summed E-state index contributed by atoms with van der Waals surface area (Å²) in [4.78, 5) is 19.3. The lowest BCUT2D eigenvalue weighted by Crippen LogP contribution is -2.14. The molecule has 7 heteroatoms. The molecule has 1 aromatic carbocycles. The van der Waals surface area contributed by atoms with Gasteiger partial charge in [0.05, 0.1) is 25.5 Å². The number of aryl methyl sites for hydroxylation is 1. The van der Waals surface area contributed by atoms with Crippen molar-refractivity contribution in [3.05, 3.63) is 51.3 Å². The van der Waals surface area contributed by atoms with Crippen molar-refractivity contribution in [2.45, 2.75) is 6.92 Å². The van der Waals surface area contributed by atoms with Gasteiger partial charge in [-0.15, -0.1) is 11.3 Å². The van der Waals surface area contributed by atoms with Crippen molar-refractivity contribution in [1.82, 2.24) is 9.97 Å². The Morgan fingerprint density at radius 2 is 1.92 bits per heavy atom. The Morgan fingerprint density at radius 3 is 2.52 bits per heavy atom. The van der Waals surface area contributed by atoms with Crippen LogP contribution < -0.4 is 15.0 Å². The van der Waals surface area contributed by atoms with Crippen LogP contribution in [-0.2, 0) is 0 Å². The maximum absolute atomic E-state index is 11.9. The fourth-order valence-corrected chi connectivity index (χ4v) is 3.38. The molecular formula is C18H15N3O3S. The van der Waals surface area contributed by atoms with Crippen LogP contribution in [0.2, 0.25) is 0 Å². The number of nitriles is 1. The van der Waals surface area contributed by atoms with Gasteiger partial charge in [-0.3, -0.25) is 4.79 Å². The molecule has 6 nitrogen and oxygen atoms in total. The summed E-state index contributed by atoms with van der Waals surface area (Å²) < 4.78 is 10.5. The molecule has 0 aliphatic rings. The van der Waals surface area contributed by atoms with Gasteiger partial charge >= 0.3 is 0 Å². The normalized spacial score (nSPS) is 10.3. The Kier molecular flexibility index (Phi) is 4.55. The Hall–Kier alpha value is -3.11. The van der Waals surface area contributed by atoms with Gasteiger partial charge in [0.25, 0.3) is 5.56 Å². The number of nitrogens with one attached hydrogen (secondary N) is 1. The van der Waals surface area contributed by atoms with Crippen molar-refractivity contribution in [1.29, 1.82) is 5.26 Å². The van der Waals surface area contributed by atoms with E-state index in [0.29, 0.717) is 17.0 Å². The molecule has 0 aliphatic heterocycles. The van der Waals surface area contributed by atoms with E-state index in [2.05, 4.69) is 9.97 Å². The van der Waals surface area contributed by atoms with E-state index >= 15 is 0 Å². The Morgan fingerprint density at radius 1 is 1.20 bits per heavy atom. The fraction of sp³-hybridized carbons (Fsp3) is 0.167. The van der Waals surface area contributed by atoms with Gasteiger partial charge in [-0.1, -0.05) is 0 Å². The molecule has 25 heavy (non-hydrogen) atoms. The van der Waals surface area contributed by atoms with Gasteiger partial charge < -0.3 is 14.5 Å². The molecule has 0 saturated heterocycles. The first-order valence-corrected chi connectivity index (χ1v) is 8.28. The largest absolute Gasteiger partial charge is 0.497 e. The molecule has 3 aromatic rings. The quantitative estimate of drug-likeness (QED) is 0.777. The zero-order chi connectivity index (χ0) is 18.0. The van der Waals surface area contributed by atoms with Gasteiger partial charge in [0, 0.05) is 16.6 Å². The van der Waals surface area contributed by atoms with E-state index in [0.717, 1.165) is 16.3 Å². The Bertz CT molecular complexity index is 1010. The van der Waals surface area contributed by atoms with Crippen LogP contribution in [-0.4, -0.2) is 24.2 Å². The summed E-state index contributed by atoms with van der Waals surface area (Å²) in [5, 5.41) is 11.9. The first-order valence-electron chi connectivity index (χ1n) is 7.40. The Balaban J connectivity index is 2.11. The third-order valence-electron chi connectivity index (χ3n) is 3.77. The minimum atomic E-state index is -0.466. The first kappa shape index (κ1) is 16.7. The molecule has 0 saturated carbocycles. The van der Waals surface area contributed by atoms with Crippen LogP contribution in [0.25, 0.3) is 21.8 Å². The molecule has 0 aliphatic carbocycles. The number of aromatic nitrogens is 2. The van der Waals surface area contributed by atoms with Gasteiger partial charge in [0.1, 0.15) is 16.8 Å². The average Bonchev–Trinajstić information content (AvgIpc) is 3.10. The van der Waals surface area contributed by atoms with Crippen LogP contribution in [0.1, 0.15) is 11.3 Å². The summed E-state index contributed by atoms with van der Waals surface area (Å²) in [6.45, 7) is 1.76. The zero-order valence-corrected chi connectivity index (χ0v) is 14.7. The summed E-state index contributed by atoms with van der Waals surface area (Å²) >= 11 is 1.47. The third kappa shape index (κ3) is 2.99. The highest BCUT2D eigenvalue weighted by molar-refractivity contribution is 7.13. The zero-order valence-electron chi connectivity index (χ0n) is 13.9. The molecule has 2 heterocycles. The van der Waals surface area contributed by atoms with Crippen molar-refractivity contribution in [2.75, 3.05) is 14.2 Å². The number of nitrogens with zero attached hydrogens (tertiary/aromatic N) is 2. The number of benzene rings is 1. The molecule has 0 amide bonds. The minimum Gasteiger partial charge on any atom is -0.497 e. The summed E-state index contributed by atoms with van der Waals surface area (Å²) in [5.41, 5.74) is 2.31. The maximum atomic E-state index is 11.9. The van der Waals surface area contributed by atoms with E-state index in [-0.39, 0.29) is 11.3 Å². The van der Waals surface area contributed by atoms with Crippen molar-refractivity contribution < 1.29 is 9.47 Å². The predicted octanol–water partition coefficient (Wildman–Crippen LogP) is 3.36. The lowest BCUT2D eigenvalue weighted by Gasteiger charge is -2.10. The Labute approximate surface area is 148 Å². The topological polar surface area (TPSA) is 88.0 Å². The smallest absolute Gasteiger partial charge is 0.269 e. The second-order valence-electron chi connectivity index (χ2n) is 5.24. The maximum Gasteiger partial charge on any atom is 0.269 e. The van der Waals surface area contributed by atoms with Crippen LogP contribution in [0.3, 0.4) is 0 Å². The summed E-state index contributed by atoms with van der Waals surface area (Å²) in [5.74, 6) is 1.02. The SMILES string of the molecule is COc1ccc(-c2nc(-c3c(C)[nH]c(=O)c(C#N)c3OC)cs2)cc1. The molecule has 126 valence electrons. The lowest BCUT2D eigenvalue weighted by molar-refractivity contribution is 0.413. The predicted molar refractivity (Wildman–Crippen MR) is 96.2 cm³/mol. The highest BCUT2D eigenvalue weighted by Crippen LogP contribution is 2.36. The van der Waals surface area contributed by atoms with Crippen molar-refractivity contribution in [2.24, 2.45) is 0 Å². The standard InChI is InChI=1S/C18H15N3O3S/c1-10-15(16(24-3)13(8-19)17(22)20-10)14-9-25-18(21-14)11-4-6-12(23-2)7-5-11/h4-7,9H,1-3H3,(H,20,22). The van der Waals surface area contributed by atoms with E-state index in [1.807, 2.05) is 35.7 Å². The molecule has 0 radical (unpaired) electrons. The van der Waals surface area contributed by atoms with E-state index in [1.54, 1.807) is 14.0 Å². The van der Waals surface area contributed by atoms with Crippen LogP contribution >= 0.6 is 11.3 Å². The second kappa shape index (κ2) is 6.79. The molecule has 2 aromatic heterocycles. The van der Waals surface area contributed by atoms with Crippen LogP contribution in [0.5, 0.6) is 11.5 Å². The van der Waals surface area contributed by atoms with Crippen molar-refractivity contribution >= 4 is 11.3 Å². The van der Waals surface area contributed by atoms with E-state index in [9.17, 15) is 10.1 Å². The number of thiazole rings is 1. The van der Waals surface area contributed by atoms with Crippen LogP contribution in [0.4, 0.5) is 0 Å². The van der Waals surface area contributed by atoms with Gasteiger partial charge in [0.15, 0.2) is 11.3 Å². The number of rotatable bonds is 4. The van der Waals surface area contributed by atoms with Gasteiger partial charge in [-0.05, 0) is 31.2 Å². The number of pyridine rings is 1. The van der Waals surface area contributed by atoms with Gasteiger partial charge in [0.2, 0.25) is 0 Å².